The second-order valence-corrected chi connectivity index (χ2v) is 8.98. The summed E-state index contributed by atoms with van der Waals surface area (Å²) in [5, 5.41) is 8.33. The van der Waals surface area contributed by atoms with Gasteiger partial charge in [-0.05, 0) is 35.7 Å². The quantitative estimate of drug-likeness (QED) is 0.639. The minimum atomic E-state index is -3.50. The maximum absolute atomic E-state index is 11.6. The van der Waals surface area contributed by atoms with E-state index in [1.165, 1.54) is 0 Å². The average Bonchev–Trinajstić information content (AvgIpc) is 3.08. The van der Waals surface area contributed by atoms with Crippen LogP contribution in [-0.2, 0) is 10.0 Å². The fourth-order valence-corrected chi connectivity index (χ4v) is 4.13. The Morgan fingerprint density at radius 2 is 1.93 bits per heavy atom. The fourth-order valence-electron chi connectivity index (χ4n) is 3.45. The van der Waals surface area contributed by atoms with E-state index in [0.717, 1.165) is 23.1 Å². The van der Waals surface area contributed by atoms with Crippen molar-refractivity contribution in [3.63, 3.8) is 0 Å². The number of benzene rings is 2. The molecule has 0 fully saturated rings. The van der Waals surface area contributed by atoms with Gasteiger partial charge in [0.05, 0.1) is 25.4 Å². The third-order valence-corrected chi connectivity index (χ3v) is 5.65. The molecule has 152 valence electrons. The summed E-state index contributed by atoms with van der Waals surface area (Å²) in [5.41, 5.74) is 1.95. The zero-order valence-electron chi connectivity index (χ0n) is 15.8. The molecule has 0 amide bonds. The first-order chi connectivity index (χ1) is 13.8. The predicted octanol–water partition coefficient (Wildman–Crippen LogP) is 3.46. The lowest BCUT2D eigenvalue weighted by Gasteiger charge is -2.32. The number of anilines is 2. The van der Waals surface area contributed by atoms with Gasteiger partial charge < -0.3 is 10.1 Å². The van der Waals surface area contributed by atoms with E-state index in [1.54, 1.807) is 11.8 Å². The van der Waals surface area contributed by atoms with Gasteiger partial charge in [-0.2, -0.15) is 4.98 Å². The third-order valence-electron chi connectivity index (χ3n) is 4.75. The molecular formula is C19H20ClN5O3S. The third kappa shape index (κ3) is 4.15. The van der Waals surface area contributed by atoms with Crippen molar-refractivity contribution in [2.75, 3.05) is 23.4 Å². The van der Waals surface area contributed by atoms with E-state index in [2.05, 4.69) is 20.1 Å². The first-order valence-corrected chi connectivity index (χ1v) is 11.2. The molecule has 1 aliphatic rings. The molecule has 8 nitrogen and oxygen atoms in total. The number of rotatable bonds is 5. The van der Waals surface area contributed by atoms with E-state index >= 15 is 0 Å². The Morgan fingerprint density at radius 1 is 1.21 bits per heavy atom. The lowest BCUT2D eigenvalue weighted by atomic mass is 9.93. The molecule has 3 aromatic rings. The van der Waals surface area contributed by atoms with E-state index in [0.29, 0.717) is 17.4 Å². The number of ether oxygens (including phenoxy) is 1. The van der Waals surface area contributed by atoms with Crippen LogP contribution in [0.5, 0.6) is 5.75 Å². The standard InChI is InChI=1S/C19H20ClN5O3S/c1-28-13-9-7-12(8-10-13)16-11-17(14-5-3-4-6-15(14)20)25-19(21-16)22-18(23-25)24-29(2,26)27/h3-10,16-17H,11H2,1-2H3,(H2,21,22,23,24)/t16-,17+/m0/s1. The monoisotopic (exact) mass is 433 g/mol. The summed E-state index contributed by atoms with van der Waals surface area (Å²) in [6, 6.07) is 15.1. The van der Waals surface area contributed by atoms with Gasteiger partial charge in [0.2, 0.25) is 16.0 Å². The van der Waals surface area contributed by atoms with Gasteiger partial charge in [-0.15, -0.1) is 5.10 Å². The molecule has 1 aliphatic heterocycles. The summed E-state index contributed by atoms with van der Waals surface area (Å²) in [6.07, 6.45) is 1.72. The van der Waals surface area contributed by atoms with Crippen LogP contribution in [0.3, 0.4) is 0 Å². The number of nitrogens with zero attached hydrogens (tertiary/aromatic N) is 3. The molecule has 2 atom stereocenters. The molecule has 0 saturated heterocycles. The Morgan fingerprint density at radius 3 is 2.59 bits per heavy atom. The van der Waals surface area contributed by atoms with E-state index < -0.39 is 10.0 Å². The van der Waals surface area contributed by atoms with Gasteiger partial charge in [-0.1, -0.05) is 41.9 Å². The first-order valence-electron chi connectivity index (χ1n) is 8.93. The zero-order chi connectivity index (χ0) is 20.6. The lowest BCUT2D eigenvalue weighted by molar-refractivity contribution is 0.413. The Kier molecular flexibility index (Phi) is 5.10. The summed E-state index contributed by atoms with van der Waals surface area (Å²) in [4.78, 5) is 4.33. The van der Waals surface area contributed by atoms with Crippen molar-refractivity contribution in [3.8, 4) is 5.75 Å². The number of halogens is 1. The summed E-state index contributed by atoms with van der Waals surface area (Å²) >= 11 is 6.46. The molecule has 0 unspecified atom stereocenters. The molecule has 0 aliphatic carbocycles. The highest BCUT2D eigenvalue weighted by Gasteiger charge is 2.32. The number of aromatic nitrogens is 3. The van der Waals surface area contributed by atoms with Crippen molar-refractivity contribution in [1.29, 1.82) is 0 Å². The number of hydrogen-bond acceptors (Lipinski definition) is 6. The van der Waals surface area contributed by atoms with Crippen LogP contribution in [0, 0.1) is 0 Å². The fraction of sp³-hybridized carbons (Fsp3) is 0.263. The van der Waals surface area contributed by atoms with Gasteiger partial charge in [-0.3, -0.25) is 4.72 Å². The summed E-state index contributed by atoms with van der Waals surface area (Å²) < 4.78 is 32.5. The Balaban J connectivity index is 1.76. The van der Waals surface area contributed by atoms with Crippen molar-refractivity contribution in [2.24, 2.45) is 0 Å². The van der Waals surface area contributed by atoms with E-state index in [9.17, 15) is 8.42 Å². The molecule has 0 spiro atoms. The summed E-state index contributed by atoms with van der Waals surface area (Å²) in [5.74, 6) is 1.26. The lowest BCUT2D eigenvalue weighted by Crippen LogP contribution is -2.28. The maximum atomic E-state index is 11.6. The first kappa shape index (κ1) is 19.5. The number of fused-ring (bicyclic) bond motifs is 1. The highest BCUT2D eigenvalue weighted by molar-refractivity contribution is 7.91. The molecule has 2 N–H and O–H groups in total. The molecule has 0 bridgehead atoms. The zero-order valence-corrected chi connectivity index (χ0v) is 17.4. The number of sulfonamides is 1. The minimum absolute atomic E-state index is 0.0161. The van der Waals surface area contributed by atoms with E-state index in [4.69, 9.17) is 16.3 Å². The molecule has 0 radical (unpaired) electrons. The molecule has 1 aromatic heterocycles. The molecule has 10 heteroatoms. The Bertz CT molecular complexity index is 1130. The Labute approximate surface area is 173 Å². The van der Waals surface area contributed by atoms with Crippen LogP contribution in [0.4, 0.5) is 11.9 Å². The maximum Gasteiger partial charge on any atom is 0.257 e. The predicted molar refractivity (Wildman–Crippen MR) is 112 cm³/mol. The molecule has 29 heavy (non-hydrogen) atoms. The number of hydrogen-bond donors (Lipinski definition) is 2. The number of nitrogens with one attached hydrogen (secondary N) is 2. The highest BCUT2D eigenvalue weighted by atomic mass is 35.5. The normalized spacial score (nSPS) is 18.6. The van der Waals surface area contributed by atoms with E-state index in [-0.39, 0.29) is 18.0 Å². The molecule has 4 rings (SSSR count). The van der Waals surface area contributed by atoms with Gasteiger partial charge in [0.15, 0.2) is 0 Å². The molecule has 2 aromatic carbocycles. The average molecular weight is 434 g/mol. The van der Waals surface area contributed by atoms with Gasteiger partial charge in [-0.25, -0.2) is 13.1 Å². The van der Waals surface area contributed by atoms with Crippen LogP contribution in [0.15, 0.2) is 48.5 Å². The SMILES string of the molecule is COc1ccc([C@@H]2C[C@H](c3ccccc3Cl)n3nc(NS(C)(=O)=O)nc3N2)cc1. The second-order valence-electron chi connectivity index (χ2n) is 6.82. The topological polar surface area (TPSA) is 98.1 Å². The van der Waals surface area contributed by atoms with Crippen LogP contribution in [0.1, 0.15) is 29.6 Å². The minimum Gasteiger partial charge on any atom is -0.497 e. The Hall–Kier alpha value is -2.78. The van der Waals surface area contributed by atoms with Crippen molar-refractivity contribution in [3.05, 3.63) is 64.7 Å². The van der Waals surface area contributed by atoms with Gasteiger partial charge in [0.25, 0.3) is 5.95 Å². The molecule has 0 saturated carbocycles. The van der Waals surface area contributed by atoms with E-state index in [1.807, 2.05) is 48.5 Å². The van der Waals surface area contributed by atoms with Gasteiger partial charge in [0, 0.05) is 5.02 Å². The van der Waals surface area contributed by atoms with Gasteiger partial charge >= 0.3 is 0 Å². The van der Waals surface area contributed by atoms with Crippen LogP contribution in [0.2, 0.25) is 5.02 Å². The molecular weight excluding hydrogens is 414 g/mol. The van der Waals surface area contributed by atoms with Crippen LogP contribution < -0.4 is 14.8 Å². The van der Waals surface area contributed by atoms with Crippen LogP contribution in [0.25, 0.3) is 0 Å². The number of methoxy groups -OCH3 is 1. The summed E-state index contributed by atoms with van der Waals surface area (Å²) in [6.45, 7) is 0. The largest absolute Gasteiger partial charge is 0.497 e. The molecule has 2 heterocycles. The summed E-state index contributed by atoms with van der Waals surface area (Å²) in [7, 11) is -1.87. The van der Waals surface area contributed by atoms with Crippen molar-refractivity contribution < 1.29 is 13.2 Å². The second kappa shape index (κ2) is 7.57. The van der Waals surface area contributed by atoms with Crippen LogP contribution in [-0.4, -0.2) is 36.5 Å². The van der Waals surface area contributed by atoms with Crippen molar-refractivity contribution in [1.82, 2.24) is 14.8 Å². The highest BCUT2D eigenvalue weighted by Crippen LogP contribution is 2.40. The van der Waals surface area contributed by atoms with Crippen molar-refractivity contribution in [2.45, 2.75) is 18.5 Å². The van der Waals surface area contributed by atoms with Crippen LogP contribution >= 0.6 is 11.6 Å². The smallest absolute Gasteiger partial charge is 0.257 e. The van der Waals surface area contributed by atoms with Crippen molar-refractivity contribution >= 4 is 33.5 Å². The van der Waals surface area contributed by atoms with Gasteiger partial charge in [0.1, 0.15) is 5.75 Å².